The van der Waals surface area contributed by atoms with Gasteiger partial charge in [0.1, 0.15) is 17.3 Å². The molecule has 24 heavy (non-hydrogen) atoms. The Morgan fingerprint density at radius 1 is 1.25 bits per heavy atom. The molecule has 0 fully saturated rings. The normalized spacial score (nSPS) is 13.2. The summed E-state index contributed by atoms with van der Waals surface area (Å²) >= 11 is 10.1. The van der Waals surface area contributed by atoms with Crippen LogP contribution in [0.25, 0.3) is 16.9 Å². The van der Waals surface area contributed by atoms with E-state index >= 15 is 0 Å². The molecule has 0 bridgehead atoms. The largest absolute Gasteiger partial charge is 0.366 e. The van der Waals surface area contributed by atoms with Gasteiger partial charge >= 0.3 is 0 Å². The van der Waals surface area contributed by atoms with Crippen molar-refractivity contribution in [2.75, 3.05) is 5.32 Å². The predicted molar refractivity (Wildman–Crippen MR) is 101 cm³/mol. The topological polar surface area (TPSA) is 55.1 Å². The lowest BCUT2D eigenvalue weighted by Crippen LogP contribution is -2.32. The highest BCUT2D eigenvalue weighted by Gasteiger charge is 2.25. The first-order chi connectivity index (χ1) is 11.3. The van der Waals surface area contributed by atoms with Crippen LogP contribution in [0.3, 0.4) is 0 Å². The van der Waals surface area contributed by atoms with Gasteiger partial charge in [0.25, 0.3) is 5.78 Å². The number of nitrogens with zero attached hydrogens (tertiary/aromatic N) is 4. The van der Waals surface area contributed by atoms with Gasteiger partial charge in [-0.15, -0.1) is 0 Å². The van der Waals surface area contributed by atoms with E-state index in [1.165, 1.54) is 6.33 Å². The van der Waals surface area contributed by atoms with Crippen molar-refractivity contribution in [3.05, 3.63) is 40.2 Å². The third-order valence-electron chi connectivity index (χ3n) is 4.18. The first-order valence-electron chi connectivity index (χ1n) is 7.69. The van der Waals surface area contributed by atoms with Gasteiger partial charge in [-0.05, 0) is 18.4 Å². The summed E-state index contributed by atoms with van der Waals surface area (Å²) in [6.45, 7) is 8.69. The van der Waals surface area contributed by atoms with Crippen LogP contribution in [-0.4, -0.2) is 25.6 Å². The van der Waals surface area contributed by atoms with E-state index in [2.05, 4.69) is 64.0 Å². The zero-order valence-corrected chi connectivity index (χ0v) is 16.4. The SMILES string of the molecule is CC(Nc1c(-c2ccccc2Br)c(Cl)nc2ncnn12)C(C)(C)C. The molecule has 1 unspecified atom stereocenters. The number of rotatable bonds is 3. The van der Waals surface area contributed by atoms with Crippen LogP contribution < -0.4 is 5.32 Å². The average molecular weight is 409 g/mol. The Balaban J connectivity index is 2.26. The second-order valence-corrected chi connectivity index (χ2v) is 8.02. The molecule has 0 saturated carbocycles. The van der Waals surface area contributed by atoms with Crippen LogP contribution in [0.2, 0.25) is 5.15 Å². The quantitative estimate of drug-likeness (QED) is 0.616. The number of anilines is 1. The fraction of sp³-hybridized carbons (Fsp3) is 0.353. The predicted octanol–water partition coefficient (Wildman–Crippen LogP) is 5.05. The van der Waals surface area contributed by atoms with Gasteiger partial charge < -0.3 is 5.32 Å². The fourth-order valence-electron chi connectivity index (χ4n) is 2.27. The Labute approximate surface area is 154 Å². The van der Waals surface area contributed by atoms with Gasteiger partial charge in [0.05, 0.1) is 5.56 Å². The maximum Gasteiger partial charge on any atom is 0.255 e. The van der Waals surface area contributed by atoms with Crippen molar-refractivity contribution in [3.8, 4) is 11.1 Å². The Morgan fingerprint density at radius 3 is 2.62 bits per heavy atom. The Kier molecular flexibility index (Phi) is 4.53. The van der Waals surface area contributed by atoms with Crippen LogP contribution in [0.15, 0.2) is 35.1 Å². The minimum absolute atomic E-state index is 0.0633. The van der Waals surface area contributed by atoms with E-state index in [1.54, 1.807) is 4.52 Å². The van der Waals surface area contributed by atoms with Crippen molar-refractivity contribution in [3.63, 3.8) is 0 Å². The molecule has 126 valence electrons. The summed E-state index contributed by atoms with van der Waals surface area (Å²) in [6.07, 6.45) is 1.48. The Hall–Kier alpha value is -1.66. The van der Waals surface area contributed by atoms with Gasteiger partial charge in [0.15, 0.2) is 0 Å². The van der Waals surface area contributed by atoms with Crippen LogP contribution in [0.5, 0.6) is 0 Å². The van der Waals surface area contributed by atoms with Gasteiger partial charge in [0, 0.05) is 16.1 Å². The van der Waals surface area contributed by atoms with E-state index in [1.807, 2.05) is 24.3 Å². The van der Waals surface area contributed by atoms with Gasteiger partial charge in [-0.2, -0.15) is 19.6 Å². The van der Waals surface area contributed by atoms with E-state index < -0.39 is 0 Å². The van der Waals surface area contributed by atoms with Gasteiger partial charge in [-0.1, -0.05) is 66.5 Å². The standard InChI is InChI=1S/C17H19BrClN5/c1-10(17(2,3)4)22-15-13(11-7-5-6-8-12(11)18)14(19)23-16-20-9-21-24(15)16/h5-10,22H,1-4H3. The highest BCUT2D eigenvalue weighted by molar-refractivity contribution is 9.10. The third kappa shape index (κ3) is 3.13. The smallest absolute Gasteiger partial charge is 0.255 e. The highest BCUT2D eigenvalue weighted by atomic mass is 79.9. The van der Waals surface area contributed by atoms with Gasteiger partial charge in [-0.3, -0.25) is 0 Å². The van der Waals surface area contributed by atoms with Crippen molar-refractivity contribution in [1.29, 1.82) is 0 Å². The van der Waals surface area contributed by atoms with Crippen molar-refractivity contribution >= 4 is 39.1 Å². The maximum atomic E-state index is 6.52. The summed E-state index contributed by atoms with van der Waals surface area (Å²) < 4.78 is 2.64. The molecule has 0 radical (unpaired) electrons. The molecule has 5 nitrogen and oxygen atoms in total. The van der Waals surface area contributed by atoms with Crippen LogP contribution in [0, 0.1) is 5.41 Å². The summed E-state index contributed by atoms with van der Waals surface area (Å²) in [5.74, 6) is 1.26. The molecular formula is C17H19BrClN5. The van der Waals surface area contributed by atoms with E-state index in [0.717, 1.165) is 21.4 Å². The molecule has 0 aliphatic rings. The summed E-state index contributed by atoms with van der Waals surface area (Å²) in [4.78, 5) is 8.55. The molecule has 0 aliphatic heterocycles. The maximum absolute atomic E-state index is 6.52. The molecule has 0 spiro atoms. The van der Waals surface area contributed by atoms with Crippen LogP contribution in [0.4, 0.5) is 5.82 Å². The van der Waals surface area contributed by atoms with Crippen molar-refractivity contribution in [2.45, 2.75) is 33.7 Å². The summed E-state index contributed by atoms with van der Waals surface area (Å²) in [7, 11) is 0. The number of halogens is 2. The van der Waals surface area contributed by atoms with Gasteiger partial charge in [0.2, 0.25) is 0 Å². The van der Waals surface area contributed by atoms with Crippen LogP contribution >= 0.6 is 27.5 Å². The number of benzene rings is 1. The van der Waals surface area contributed by atoms with Gasteiger partial charge in [-0.25, -0.2) is 0 Å². The molecule has 3 aromatic rings. The number of hydrogen-bond donors (Lipinski definition) is 1. The first kappa shape index (κ1) is 17.2. The molecule has 0 aliphatic carbocycles. The van der Waals surface area contributed by atoms with Crippen LogP contribution in [-0.2, 0) is 0 Å². The van der Waals surface area contributed by atoms with E-state index in [9.17, 15) is 0 Å². The third-order valence-corrected chi connectivity index (χ3v) is 5.14. The number of fused-ring (bicyclic) bond motifs is 1. The number of hydrogen-bond acceptors (Lipinski definition) is 4. The average Bonchev–Trinajstić information content (AvgIpc) is 2.95. The molecule has 0 saturated heterocycles. The van der Waals surface area contributed by atoms with E-state index in [0.29, 0.717) is 10.9 Å². The zero-order chi connectivity index (χ0) is 17.5. The fourth-order valence-corrected chi connectivity index (χ4v) is 3.02. The molecule has 1 aromatic carbocycles. The molecule has 7 heteroatoms. The second-order valence-electron chi connectivity index (χ2n) is 6.81. The minimum Gasteiger partial charge on any atom is -0.366 e. The summed E-state index contributed by atoms with van der Waals surface area (Å²) in [6, 6.07) is 8.11. The molecule has 1 atom stereocenters. The minimum atomic E-state index is 0.0633. The summed E-state index contributed by atoms with van der Waals surface area (Å²) in [5.41, 5.74) is 1.82. The van der Waals surface area contributed by atoms with Crippen molar-refractivity contribution in [2.24, 2.45) is 5.41 Å². The summed E-state index contributed by atoms with van der Waals surface area (Å²) in [5, 5.41) is 8.27. The monoisotopic (exact) mass is 407 g/mol. The lowest BCUT2D eigenvalue weighted by Gasteiger charge is -2.30. The molecule has 1 N–H and O–H groups in total. The molecule has 0 amide bonds. The zero-order valence-electron chi connectivity index (χ0n) is 14.0. The second kappa shape index (κ2) is 6.33. The molecular weight excluding hydrogens is 390 g/mol. The van der Waals surface area contributed by atoms with E-state index in [4.69, 9.17) is 11.6 Å². The first-order valence-corrected chi connectivity index (χ1v) is 8.87. The van der Waals surface area contributed by atoms with Crippen molar-refractivity contribution < 1.29 is 0 Å². The van der Waals surface area contributed by atoms with Crippen LogP contribution in [0.1, 0.15) is 27.7 Å². The number of nitrogens with one attached hydrogen (secondary N) is 1. The Morgan fingerprint density at radius 2 is 1.96 bits per heavy atom. The molecule has 3 rings (SSSR count). The van der Waals surface area contributed by atoms with Crippen molar-refractivity contribution in [1.82, 2.24) is 19.6 Å². The number of aromatic nitrogens is 4. The lowest BCUT2D eigenvalue weighted by molar-refractivity contribution is 0.358. The highest BCUT2D eigenvalue weighted by Crippen LogP contribution is 2.39. The molecule has 2 heterocycles. The molecule has 2 aromatic heterocycles. The lowest BCUT2D eigenvalue weighted by atomic mass is 9.88. The Bertz CT molecular complexity index is 884. The van der Waals surface area contributed by atoms with E-state index in [-0.39, 0.29) is 11.5 Å².